The molecule has 0 N–H and O–H groups in total. The van der Waals surface area contributed by atoms with Crippen molar-refractivity contribution in [2.24, 2.45) is 0 Å². The van der Waals surface area contributed by atoms with Gasteiger partial charge in [-0.05, 0) is 18.2 Å². The molecule has 8 heteroatoms. The van der Waals surface area contributed by atoms with Gasteiger partial charge in [-0.2, -0.15) is 4.31 Å². The summed E-state index contributed by atoms with van der Waals surface area (Å²) in [7, 11) is -3.98. The fourth-order valence-electron chi connectivity index (χ4n) is 2.08. The summed E-state index contributed by atoms with van der Waals surface area (Å²) in [4.78, 5) is 3.44. The first-order chi connectivity index (χ1) is 10.5. The number of hydrogen-bond donors (Lipinski definition) is 0. The van der Waals surface area contributed by atoms with E-state index in [1.165, 1.54) is 0 Å². The number of halogens is 2. The Morgan fingerprint density at radius 1 is 1.18 bits per heavy atom. The molecule has 1 fully saturated rings. The summed E-state index contributed by atoms with van der Waals surface area (Å²) in [6, 6.07) is 7.54. The highest BCUT2D eigenvalue weighted by molar-refractivity contribution is 7.89. The second kappa shape index (κ2) is 5.62. The van der Waals surface area contributed by atoms with Crippen molar-refractivity contribution in [3.63, 3.8) is 0 Å². The van der Waals surface area contributed by atoms with Crippen LogP contribution in [0.4, 0.5) is 8.78 Å². The van der Waals surface area contributed by atoms with E-state index in [1.807, 2.05) is 0 Å². The van der Waals surface area contributed by atoms with Crippen LogP contribution in [0.5, 0.6) is 5.88 Å². The Balaban J connectivity index is 1.69. The van der Waals surface area contributed by atoms with Crippen LogP contribution in [0.3, 0.4) is 0 Å². The minimum atomic E-state index is -3.98. The number of hydrogen-bond acceptors (Lipinski definition) is 4. The SMILES string of the molecule is O=S(=O)(c1ccc(F)cc1F)N1CC(Oc2ccccn2)C1. The smallest absolute Gasteiger partial charge is 0.246 e. The molecule has 1 aromatic carbocycles. The largest absolute Gasteiger partial charge is 0.472 e. The van der Waals surface area contributed by atoms with Crippen molar-refractivity contribution < 1.29 is 21.9 Å². The Hall–Kier alpha value is -2.06. The van der Waals surface area contributed by atoms with E-state index in [0.29, 0.717) is 11.9 Å². The maximum Gasteiger partial charge on any atom is 0.246 e. The number of pyridine rings is 1. The molecule has 0 spiro atoms. The maximum absolute atomic E-state index is 13.6. The zero-order chi connectivity index (χ0) is 15.7. The highest BCUT2D eigenvalue weighted by Crippen LogP contribution is 2.26. The van der Waals surface area contributed by atoms with E-state index in [0.717, 1.165) is 16.4 Å². The second-order valence-electron chi connectivity index (χ2n) is 4.80. The first-order valence-electron chi connectivity index (χ1n) is 6.50. The minimum absolute atomic E-state index is 0.0930. The Morgan fingerprint density at radius 2 is 1.95 bits per heavy atom. The van der Waals surface area contributed by atoms with E-state index in [9.17, 15) is 17.2 Å². The molecule has 1 aliphatic heterocycles. The van der Waals surface area contributed by atoms with E-state index in [1.54, 1.807) is 24.4 Å². The van der Waals surface area contributed by atoms with E-state index < -0.39 is 26.6 Å². The molecule has 0 unspecified atom stereocenters. The fourth-order valence-corrected chi connectivity index (χ4v) is 3.63. The standard InChI is InChI=1S/C14H12F2N2O3S/c15-10-4-5-13(12(16)7-10)22(19,20)18-8-11(9-18)21-14-3-1-2-6-17-14/h1-7,11H,8-9H2. The summed E-state index contributed by atoms with van der Waals surface area (Å²) in [5.41, 5.74) is 0. The van der Waals surface area contributed by atoms with Crippen LogP contribution in [-0.4, -0.2) is 36.9 Å². The van der Waals surface area contributed by atoms with Gasteiger partial charge in [-0.15, -0.1) is 0 Å². The van der Waals surface area contributed by atoms with Crippen LogP contribution >= 0.6 is 0 Å². The summed E-state index contributed by atoms with van der Waals surface area (Å²) in [6.45, 7) is 0.186. The molecule has 2 aromatic rings. The first kappa shape index (κ1) is 14.9. The molecule has 116 valence electrons. The maximum atomic E-state index is 13.6. The van der Waals surface area contributed by atoms with Gasteiger partial charge in [0.2, 0.25) is 15.9 Å². The minimum Gasteiger partial charge on any atom is -0.472 e. The molecule has 0 amide bonds. The van der Waals surface area contributed by atoms with Gasteiger partial charge < -0.3 is 4.74 Å². The van der Waals surface area contributed by atoms with Crippen LogP contribution in [0.15, 0.2) is 47.5 Å². The van der Waals surface area contributed by atoms with E-state index in [2.05, 4.69) is 4.98 Å². The van der Waals surface area contributed by atoms with Crippen LogP contribution in [0, 0.1) is 11.6 Å². The van der Waals surface area contributed by atoms with Gasteiger partial charge in [-0.1, -0.05) is 6.07 Å². The van der Waals surface area contributed by atoms with Crippen molar-refractivity contribution in [2.75, 3.05) is 13.1 Å². The highest BCUT2D eigenvalue weighted by atomic mass is 32.2. The van der Waals surface area contributed by atoms with Crippen molar-refractivity contribution in [3.05, 3.63) is 54.2 Å². The number of benzene rings is 1. The molecule has 0 bridgehead atoms. The van der Waals surface area contributed by atoms with Crippen molar-refractivity contribution in [1.29, 1.82) is 0 Å². The molecule has 1 saturated heterocycles. The number of sulfonamides is 1. The lowest BCUT2D eigenvalue weighted by Gasteiger charge is -2.37. The Labute approximate surface area is 126 Å². The molecule has 0 atom stereocenters. The van der Waals surface area contributed by atoms with Gasteiger partial charge >= 0.3 is 0 Å². The second-order valence-corrected chi connectivity index (χ2v) is 6.71. The van der Waals surface area contributed by atoms with Gasteiger partial charge in [0.1, 0.15) is 22.6 Å². The highest BCUT2D eigenvalue weighted by Gasteiger charge is 2.39. The van der Waals surface area contributed by atoms with E-state index >= 15 is 0 Å². The van der Waals surface area contributed by atoms with Crippen LogP contribution in [-0.2, 0) is 10.0 Å². The van der Waals surface area contributed by atoms with Crippen LogP contribution < -0.4 is 4.74 Å². The number of rotatable bonds is 4. The average molecular weight is 326 g/mol. The number of ether oxygens (including phenoxy) is 1. The van der Waals surface area contributed by atoms with Crippen LogP contribution in [0.1, 0.15) is 0 Å². The lowest BCUT2D eigenvalue weighted by Crippen LogP contribution is -2.56. The third kappa shape index (κ3) is 2.79. The first-order valence-corrected chi connectivity index (χ1v) is 7.94. The average Bonchev–Trinajstić information content (AvgIpc) is 2.43. The van der Waals surface area contributed by atoms with Gasteiger partial charge in [-0.3, -0.25) is 0 Å². The Kier molecular flexibility index (Phi) is 3.79. The predicted octanol–water partition coefficient (Wildman–Crippen LogP) is 1.81. The monoisotopic (exact) mass is 326 g/mol. The van der Waals surface area contributed by atoms with Crippen molar-refractivity contribution >= 4 is 10.0 Å². The van der Waals surface area contributed by atoms with Crippen molar-refractivity contribution in [1.82, 2.24) is 9.29 Å². The van der Waals surface area contributed by atoms with Gasteiger partial charge in [0.05, 0.1) is 13.1 Å². The molecule has 22 heavy (non-hydrogen) atoms. The normalized spacial score (nSPS) is 16.3. The fraction of sp³-hybridized carbons (Fsp3) is 0.214. The van der Waals surface area contributed by atoms with Crippen LogP contribution in [0.25, 0.3) is 0 Å². The lowest BCUT2D eigenvalue weighted by molar-refractivity contribution is 0.0719. The lowest BCUT2D eigenvalue weighted by atomic mass is 10.2. The zero-order valence-electron chi connectivity index (χ0n) is 11.3. The summed E-state index contributed by atoms with van der Waals surface area (Å²) in [6.07, 6.45) is 1.23. The van der Waals surface area contributed by atoms with Crippen LogP contribution in [0.2, 0.25) is 0 Å². The molecule has 0 saturated carbocycles. The molecular formula is C14H12F2N2O3S. The van der Waals surface area contributed by atoms with Gasteiger partial charge in [0.15, 0.2) is 0 Å². The summed E-state index contributed by atoms with van der Waals surface area (Å²) in [5, 5.41) is 0. The molecule has 1 aliphatic rings. The topological polar surface area (TPSA) is 59.5 Å². The molecule has 5 nitrogen and oxygen atoms in total. The molecule has 0 radical (unpaired) electrons. The Morgan fingerprint density at radius 3 is 2.59 bits per heavy atom. The van der Waals surface area contributed by atoms with Gasteiger partial charge in [0.25, 0.3) is 0 Å². The molecule has 1 aromatic heterocycles. The predicted molar refractivity (Wildman–Crippen MR) is 73.8 cm³/mol. The van der Waals surface area contributed by atoms with Gasteiger partial charge in [0, 0.05) is 18.3 Å². The molecule has 0 aliphatic carbocycles. The van der Waals surface area contributed by atoms with E-state index in [4.69, 9.17) is 4.74 Å². The zero-order valence-corrected chi connectivity index (χ0v) is 12.1. The van der Waals surface area contributed by atoms with E-state index in [-0.39, 0.29) is 19.2 Å². The summed E-state index contributed by atoms with van der Waals surface area (Å²) >= 11 is 0. The third-order valence-electron chi connectivity index (χ3n) is 3.25. The van der Waals surface area contributed by atoms with Gasteiger partial charge in [-0.25, -0.2) is 22.2 Å². The third-order valence-corrected chi connectivity index (χ3v) is 5.12. The molecule has 2 heterocycles. The molecule has 3 rings (SSSR count). The quantitative estimate of drug-likeness (QED) is 0.860. The Bertz CT molecular complexity index is 778. The van der Waals surface area contributed by atoms with Crippen molar-refractivity contribution in [3.8, 4) is 5.88 Å². The number of nitrogens with zero attached hydrogens (tertiary/aromatic N) is 2. The number of aromatic nitrogens is 1. The van der Waals surface area contributed by atoms with Crippen molar-refractivity contribution in [2.45, 2.75) is 11.0 Å². The molecular weight excluding hydrogens is 314 g/mol. The summed E-state index contributed by atoms with van der Waals surface area (Å²) < 4.78 is 57.5. The summed E-state index contributed by atoms with van der Waals surface area (Å²) in [5.74, 6) is -1.52.